The molecule has 0 atom stereocenters. The Kier molecular flexibility index (Phi) is 3.60. The molecule has 0 radical (unpaired) electrons. The van der Waals surface area contributed by atoms with Crippen LogP contribution in [0.1, 0.15) is 21.5 Å². The van der Waals surface area contributed by atoms with E-state index in [0.29, 0.717) is 21.3 Å². The summed E-state index contributed by atoms with van der Waals surface area (Å²) in [5, 5.41) is 30.0. The number of hydrogen-bond donors (Lipinski definition) is 2. The van der Waals surface area contributed by atoms with Gasteiger partial charge in [-0.1, -0.05) is 18.2 Å². The molecule has 3 aromatic rings. The van der Waals surface area contributed by atoms with Gasteiger partial charge < -0.3 is 10.2 Å². The van der Waals surface area contributed by atoms with Crippen LogP contribution in [0, 0.1) is 11.3 Å². The molecule has 2 aromatic heterocycles. The van der Waals surface area contributed by atoms with Gasteiger partial charge in [0.15, 0.2) is 5.75 Å². The second kappa shape index (κ2) is 5.59. The zero-order chi connectivity index (χ0) is 16.6. The number of benzene rings is 1. The number of hydrogen-bond acceptors (Lipinski definition) is 5. The van der Waals surface area contributed by atoms with Crippen molar-refractivity contribution in [3.63, 3.8) is 0 Å². The highest BCUT2D eigenvalue weighted by atomic mass is 32.1. The van der Waals surface area contributed by atoms with Gasteiger partial charge in [0, 0.05) is 0 Å². The first-order chi connectivity index (χ1) is 11.0. The molecule has 0 saturated heterocycles. The molecular formula is C16H10N2O4S. The quantitative estimate of drug-likeness (QED) is 0.769. The maximum absolute atomic E-state index is 12.4. The maximum atomic E-state index is 12.4. The summed E-state index contributed by atoms with van der Waals surface area (Å²) < 4.78 is 1.60. The molecule has 114 valence electrons. The Hall–Kier alpha value is -3.11. The van der Waals surface area contributed by atoms with Crippen LogP contribution >= 0.6 is 11.3 Å². The van der Waals surface area contributed by atoms with Crippen molar-refractivity contribution in [1.82, 2.24) is 4.57 Å². The Balaban J connectivity index is 2.28. The van der Waals surface area contributed by atoms with Crippen LogP contribution in [0.4, 0.5) is 0 Å². The highest BCUT2D eigenvalue weighted by Gasteiger charge is 2.22. The van der Waals surface area contributed by atoms with E-state index in [2.05, 4.69) is 6.07 Å². The second-order valence-corrected chi connectivity index (χ2v) is 5.74. The largest absolute Gasteiger partial charge is 0.502 e. The number of rotatable bonds is 3. The summed E-state index contributed by atoms with van der Waals surface area (Å²) in [6.07, 6.45) is 0. The number of nitrogens with zero attached hydrogens (tertiary/aromatic N) is 2. The van der Waals surface area contributed by atoms with Crippen LogP contribution in [0.15, 0.2) is 40.5 Å². The summed E-state index contributed by atoms with van der Waals surface area (Å²) in [7, 11) is 0. The first-order valence-corrected chi connectivity index (χ1v) is 7.46. The van der Waals surface area contributed by atoms with Crippen LogP contribution in [0.25, 0.3) is 10.2 Å². The molecule has 3 rings (SSSR count). The summed E-state index contributed by atoms with van der Waals surface area (Å²) in [5.41, 5.74) is 0.283. The topological polar surface area (TPSA) is 103 Å². The molecule has 0 aliphatic heterocycles. The van der Waals surface area contributed by atoms with E-state index < -0.39 is 17.3 Å². The predicted molar refractivity (Wildman–Crippen MR) is 85.0 cm³/mol. The summed E-state index contributed by atoms with van der Waals surface area (Å²) in [6.45, 7) is 0.0727. The van der Waals surface area contributed by atoms with Gasteiger partial charge >= 0.3 is 5.97 Å². The Morgan fingerprint density at radius 1 is 1.30 bits per heavy atom. The highest BCUT2D eigenvalue weighted by molar-refractivity contribution is 7.17. The molecule has 0 spiro atoms. The number of aromatic nitrogens is 1. The average Bonchev–Trinajstić information content (AvgIpc) is 3.00. The van der Waals surface area contributed by atoms with E-state index in [1.54, 1.807) is 35.7 Å². The lowest BCUT2D eigenvalue weighted by molar-refractivity contribution is 0.0695. The van der Waals surface area contributed by atoms with Crippen molar-refractivity contribution in [3.05, 3.63) is 62.8 Å². The van der Waals surface area contributed by atoms with E-state index in [9.17, 15) is 19.8 Å². The van der Waals surface area contributed by atoms with Gasteiger partial charge in [-0.05, 0) is 23.1 Å². The fraction of sp³-hybridized carbons (Fsp3) is 0.0625. The Morgan fingerprint density at radius 3 is 2.74 bits per heavy atom. The van der Waals surface area contributed by atoms with Gasteiger partial charge in [-0.2, -0.15) is 5.26 Å². The first-order valence-electron chi connectivity index (χ1n) is 6.59. The molecule has 0 aliphatic rings. The summed E-state index contributed by atoms with van der Waals surface area (Å²) >= 11 is 1.13. The number of fused-ring (bicyclic) bond motifs is 1. The normalized spacial score (nSPS) is 10.6. The van der Waals surface area contributed by atoms with Gasteiger partial charge in [-0.25, -0.2) is 4.79 Å². The molecular weight excluding hydrogens is 316 g/mol. The van der Waals surface area contributed by atoms with Crippen molar-refractivity contribution in [3.8, 4) is 11.8 Å². The molecule has 6 nitrogen and oxygen atoms in total. The van der Waals surface area contributed by atoms with Gasteiger partial charge in [-0.3, -0.25) is 9.36 Å². The third-order valence-corrected chi connectivity index (χ3v) is 4.45. The highest BCUT2D eigenvalue weighted by Crippen LogP contribution is 2.29. The smallest absolute Gasteiger partial charge is 0.341 e. The first kappa shape index (κ1) is 14.8. The van der Waals surface area contributed by atoms with E-state index in [-0.39, 0.29) is 12.1 Å². The lowest BCUT2D eigenvalue weighted by Crippen LogP contribution is -2.23. The van der Waals surface area contributed by atoms with Gasteiger partial charge in [-0.15, -0.1) is 11.3 Å². The van der Waals surface area contributed by atoms with Crippen LogP contribution in [-0.4, -0.2) is 20.7 Å². The van der Waals surface area contributed by atoms with Crippen molar-refractivity contribution in [2.45, 2.75) is 6.54 Å². The Morgan fingerprint density at radius 2 is 2.04 bits per heavy atom. The summed E-state index contributed by atoms with van der Waals surface area (Å²) in [4.78, 5) is 23.7. The maximum Gasteiger partial charge on any atom is 0.341 e. The van der Waals surface area contributed by atoms with Crippen LogP contribution < -0.4 is 5.56 Å². The van der Waals surface area contributed by atoms with E-state index in [1.807, 2.05) is 0 Å². The zero-order valence-electron chi connectivity index (χ0n) is 11.7. The molecule has 0 aliphatic carbocycles. The minimum Gasteiger partial charge on any atom is -0.502 e. The molecule has 0 amide bonds. The third-order valence-electron chi connectivity index (χ3n) is 3.53. The van der Waals surface area contributed by atoms with E-state index >= 15 is 0 Å². The number of thiophene rings is 1. The molecule has 23 heavy (non-hydrogen) atoms. The molecule has 0 saturated carbocycles. The lowest BCUT2D eigenvalue weighted by Gasteiger charge is -2.11. The molecule has 0 bridgehead atoms. The molecule has 1 aromatic carbocycles. The van der Waals surface area contributed by atoms with Gasteiger partial charge in [0.2, 0.25) is 0 Å². The fourth-order valence-electron chi connectivity index (χ4n) is 2.45. The fourth-order valence-corrected chi connectivity index (χ4v) is 3.38. The van der Waals surface area contributed by atoms with E-state index in [1.165, 1.54) is 4.57 Å². The number of pyridine rings is 1. The van der Waals surface area contributed by atoms with Crippen molar-refractivity contribution in [1.29, 1.82) is 5.26 Å². The minimum absolute atomic E-state index is 0.0727. The SMILES string of the molecule is N#Cc1ccccc1Cn1c(=O)c(O)c(C(=O)O)c2sccc21. The standard InChI is InChI=1S/C16H10N2O4S/c17-7-9-3-1-2-4-10(9)8-18-11-5-6-23-14(11)12(16(21)22)13(19)15(18)20/h1-6,19H,8H2,(H,21,22). The number of carboxylic acid groups (broad SMARTS) is 1. The second-order valence-electron chi connectivity index (χ2n) is 4.82. The summed E-state index contributed by atoms with van der Waals surface area (Å²) in [6, 6.07) is 10.5. The minimum atomic E-state index is -1.35. The van der Waals surface area contributed by atoms with Crippen LogP contribution in [0.5, 0.6) is 5.75 Å². The van der Waals surface area contributed by atoms with Gasteiger partial charge in [0.05, 0.1) is 28.4 Å². The van der Waals surface area contributed by atoms with Crippen LogP contribution in [0.2, 0.25) is 0 Å². The van der Waals surface area contributed by atoms with Crippen molar-refractivity contribution < 1.29 is 15.0 Å². The van der Waals surface area contributed by atoms with E-state index in [4.69, 9.17) is 5.26 Å². The monoisotopic (exact) mass is 326 g/mol. The van der Waals surface area contributed by atoms with Crippen LogP contribution in [0.3, 0.4) is 0 Å². The summed E-state index contributed by atoms with van der Waals surface area (Å²) in [5.74, 6) is -2.14. The predicted octanol–water partition coefficient (Wildman–Crippen LogP) is 2.39. The number of carbonyl (C=O) groups is 1. The van der Waals surface area contributed by atoms with E-state index in [0.717, 1.165) is 11.3 Å². The zero-order valence-corrected chi connectivity index (χ0v) is 12.5. The number of carboxylic acids is 1. The Bertz CT molecular complexity index is 1030. The number of aromatic carboxylic acids is 1. The molecule has 0 fully saturated rings. The third kappa shape index (κ3) is 2.35. The number of aromatic hydroxyl groups is 1. The van der Waals surface area contributed by atoms with Crippen molar-refractivity contribution in [2.24, 2.45) is 0 Å². The molecule has 7 heteroatoms. The Labute approximate surface area is 134 Å². The molecule has 2 N–H and O–H groups in total. The number of nitriles is 1. The van der Waals surface area contributed by atoms with Crippen molar-refractivity contribution >= 4 is 27.5 Å². The van der Waals surface area contributed by atoms with Gasteiger partial charge in [0.25, 0.3) is 5.56 Å². The van der Waals surface area contributed by atoms with Crippen LogP contribution in [-0.2, 0) is 6.54 Å². The lowest BCUT2D eigenvalue weighted by atomic mass is 10.1. The molecule has 2 heterocycles. The van der Waals surface area contributed by atoms with Gasteiger partial charge in [0.1, 0.15) is 5.56 Å². The molecule has 0 unspecified atom stereocenters. The van der Waals surface area contributed by atoms with Crippen molar-refractivity contribution in [2.75, 3.05) is 0 Å². The average molecular weight is 326 g/mol.